The molecule has 0 aromatic carbocycles. The summed E-state index contributed by atoms with van der Waals surface area (Å²) in [4.78, 5) is 18.5. The summed E-state index contributed by atoms with van der Waals surface area (Å²) in [6, 6.07) is 0. The average molecular weight is 261 g/mol. The van der Waals surface area contributed by atoms with Gasteiger partial charge in [-0.3, -0.25) is 0 Å². The van der Waals surface area contributed by atoms with Gasteiger partial charge in [-0.25, -0.2) is 0 Å². The Morgan fingerprint density at radius 3 is 2.09 bits per heavy atom. The summed E-state index contributed by atoms with van der Waals surface area (Å²) in [6.07, 6.45) is 2.91. The number of ketones is 1. The van der Waals surface area contributed by atoms with Gasteiger partial charge in [0.25, 0.3) is 0 Å². The fourth-order valence-electron chi connectivity index (χ4n) is 1.67. The van der Waals surface area contributed by atoms with E-state index in [9.17, 15) is 4.79 Å². The second-order valence-corrected chi connectivity index (χ2v) is 21.3. The first kappa shape index (κ1) is 9.56. The van der Waals surface area contributed by atoms with Crippen LogP contribution in [0.25, 0.3) is 0 Å². The summed E-state index contributed by atoms with van der Waals surface area (Å²) < 4.78 is 0.464. The van der Waals surface area contributed by atoms with Crippen molar-refractivity contribution in [3.05, 3.63) is 0 Å². The number of Topliss-reactive ketones (excluding diaryl/α,β-unsaturated/α-hetero) is 1. The average Bonchev–Trinajstić information content (AvgIpc) is 2.10. The number of hydrogen-bond acceptors (Lipinski definition) is 1. The first-order chi connectivity index (χ1) is 4.85. The Balaban J connectivity index is 2.77. The van der Waals surface area contributed by atoms with E-state index >= 15 is 0 Å². The molecule has 0 radical (unpaired) electrons. The molecule has 1 aliphatic carbocycles. The Morgan fingerprint density at radius 1 is 1.36 bits per heavy atom. The predicted molar refractivity (Wildman–Crippen MR) is 50.6 cm³/mol. The molecular formula is C9H18OSn. The molecule has 1 unspecified atom stereocenters. The first-order valence-corrected chi connectivity index (χ1v) is 14.4. The van der Waals surface area contributed by atoms with Gasteiger partial charge in [-0.1, -0.05) is 0 Å². The number of hydrogen-bond donors (Lipinski definition) is 0. The van der Waals surface area contributed by atoms with Gasteiger partial charge in [0.2, 0.25) is 0 Å². The van der Waals surface area contributed by atoms with Crippen LogP contribution in [0.2, 0.25) is 18.2 Å². The molecule has 0 aliphatic heterocycles. The first-order valence-electron chi connectivity index (χ1n) is 4.37. The molecule has 0 spiro atoms. The van der Waals surface area contributed by atoms with Gasteiger partial charge in [-0.15, -0.1) is 0 Å². The van der Waals surface area contributed by atoms with E-state index in [0.717, 1.165) is 12.8 Å². The van der Waals surface area contributed by atoms with Crippen molar-refractivity contribution < 1.29 is 4.79 Å². The van der Waals surface area contributed by atoms with Gasteiger partial charge in [0.05, 0.1) is 0 Å². The van der Waals surface area contributed by atoms with Gasteiger partial charge >= 0.3 is 73.4 Å². The molecule has 0 aromatic heterocycles. The van der Waals surface area contributed by atoms with E-state index in [1.54, 1.807) is 0 Å². The van der Waals surface area contributed by atoms with Crippen molar-refractivity contribution in [1.82, 2.24) is 0 Å². The normalized spacial score (nSPS) is 32.9. The van der Waals surface area contributed by atoms with E-state index in [-0.39, 0.29) is 0 Å². The third-order valence-corrected chi connectivity index (χ3v) is 14.9. The van der Waals surface area contributed by atoms with E-state index in [4.69, 9.17) is 0 Å². The van der Waals surface area contributed by atoms with Gasteiger partial charge in [-0.05, 0) is 0 Å². The Hall–Kier alpha value is 0.469. The summed E-state index contributed by atoms with van der Waals surface area (Å²) in [5.41, 5.74) is 0. The minimum absolute atomic E-state index is 0.464. The van der Waals surface area contributed by atoms with E-state index < -0.39 is 18.4 Å². The third kappa shape index (κ3) is 1.79. The van der Waals surface area contributed by atoms with Crippen LogP contribution >= 0.6 is 0 Å². The monoisotopic (exact) mass is 262 g/mol. The van der Waals surface area contributed by atoms with Crippen molar-refractivity contribution in [3.8, 4) is 0 Å². The molecule has 1 fully saturated rings. The summed E-state index contributed by atoms with van der Waals surface area (Å²) in [6.45, 7) is 2.33. The topological polar surface area (TPSA) is 17.1 Å². The van der Waals surface area contributed by atoms with Crippen LogP contribution < -0.4 is 0 Å². The molecule has 1 nitrogen and oxygen atoms in total. The molecule has 0 saturated heterocycles. The number of rotatable bonds is 1. The van der Waals surface area contributed by atoms with Gasteiger partial charge in [-0.2, -0.15) is 0 Å². The standard InChI is InChI=1S/C6H9O.3CH3.Sn/c1-5-2-3-6(7)4-5;;;;/h2-4H2,1H3;3*1H3;. The molecular weight excluding hydrogens is 243 g/mol. The molecule has 0 heterocycles. The predicted octanol–water partition coefficient (Wildman–Crippen LogP) is 2.84. The molecule has 0 N–H and O–H groups in total. The molecule has 0 bridgehead atoms. The Labute approximate surface area is 73.4 Å². The number of carbonyl (C=O) groups is 1. The summed E-state index contributed by atoms with van der Waals surface area (Å²) in [5, 5.41) is 0. The van der Waals surface area contributed by atoms with E-state index in [0.29, 0.717) is 9.21 Å². The van der Waals surface area contributed by atoms with Gasteiger partial charge < -0.3 is 0 Å². The molecule has 0 amide bonds. The van der Waals surface area contributed by atoms with Crippen LogP contribution in [0.5, 0.6) is 0 Å². The molecule has 1 aliphatic rings. The minimum atomic E-state index is -1.82. The van der Waals surface area contributed by atoms with E-state index in [2.05, 4.69) is 21.7 Å². The van der Waals surface area contributed by atoms with E-state index in [1.165, 1.54) is 6.42 Å². The van der Waals surface area contributed by atoms with Crippen LogP contribution in [0.3, 0.4) is 0 Å². The van der Waals surface area contributed by atoms with E-state index in [1.807, 2.05) is 0 Å². The zero-order valence-electron chi connectivity index (χ0n) is 8.03. The van der Waals surface area contributed by atoms with Gasteiger partial charge in [0.1, 0.15) is 0 Å². The van der Waals surface area contributed by atoms with Crippen molar-refractivity contribution in [2.75, 3.05) is 0 Å². The fourth-order valence-corrected chi connectivity index (χ4v) is 6.24. The molecule has 1 rings (SSSR count). The summed E-state index contributed by atoms with van der Waals surface area (Å²) >= 11 is -1.82. The van der Waals surface area contributed by atoms with Crippen molar-refractivity contribution in [2.24, 2.45) is 0 Å². The Kier molecular flexibility index (Phi) is 2.39. The van der Waals surface area contributed by atoms with Crippen LogP contribution in [-0.4, -0.2) is 24.2 Å². The van der Waals surface area contributed by atoms with Gasteiger partial charge in [0.15, 0.2) is 0 Å². The molecule has 1 atom stereocenters. The Bertz CT molecular complexity index is 180. The quantitative estimate of drug-likeness (QED) is 0.663. The van der Waals surface area contributed by atoms with Crippen LogP contribution in [0.1, 0.15) is 26.2 Å². The molecule has 11 heavy (non-hydrogen) atoms. The van der Waals surface area contributed by atoms with Gasteiger partial charge in [0, 0.05) is 0 Å². The van der Waals surface area contributed by atoms with Crippen LogP contribution in [0.15, 0.2) is 0 Å². The molecule has 0 aromatic rings. The van der Waals surface area contributed by atoms with Crippen LogP contribution in [-0.2, 0) is 4.79 Å². The second-order valence-electron chi connectivity index (χ2n) is 5.03. The van der Waals surface area contributed by atoms with Crippen molar-refractivity contribution in [1.29, 1.82) is 0 Å². The maximum atomic E-state index is 11.1. The van der Waals surface area contributed by atoms with Crippen molar-refractivity contribution in [3.63, 3.8) is 0 Å². The Morgan fingerprint density at radius 2 is 1.91 bits per heavy atom. The van der Waals surface area contributed by atoms with Crippen LogP contribution in [0.4, 0.5) is 0 Å². The maximum absolute atomic E-state index is 11.1. The summed E-state index contributed by atoms with van der Waals surface area (Å²) in [7, 11) is 0. The molecule has 1 saturated carbocycles. The summed E-state index contributed by atoms with van der Waals surface area (Å²) in [5.74, 6) is 0.499. The molecule has 2 heteroatoms. The van der Waals surface area contributed by atoms with Crippen molar-refractivity contribution >= 4 is 24.2 Å². The SMILES string of the molecule is C[C]1([Sn]([CH3])([CH3])[CH3])CCC(=O)C1. The zero-order chi connectivity index (χ0) is 8.70. The number of carbonyl (C=O) groups excluding carboxylic acids is 1. The molecule has 64 valence electrons. The third-order valence-electron chi connectivity index (χ3n) is 3.35. The fraction of sp³-hybridized carbons (Fsp3) is 0.889. The second kappa shape index (κ2) is 2.75. The zero-order valence-corrected chi connectivity index (χ0v) is 10.9. The van der Waals surface area contributed by atoms with Crippen LogP contribution in [0, 0.1) is 0 Å². The van der Waals surface area contributed by atoms with Crippen molar-refractivity contribution in [2.45, 2.75) is 44.4 Å².